The van der Waals surface area contributed by atoms with Crippen LogP contribution < -0.4 is 0 Å². The van der Waals surface area contributed by atoms with Crippen LogP contribution in [0.5, 0.6) is 0 Å². The first-order valence-corrected chi connectivity index (χ1v) is 6.17. The van der Waals surface area contributed by atoms with Gasteiger partial charge in [0.25, 0.3) is 10.0 Å². The Morgan fingerprint density at radius 3 is 2.67 bits per heavy atom. The van der Waals surface area contributed by atoms with Crippen LogP contribution in [0.2, 0.25) is 0 Å². The highest BCUT2D eigenvalue weighted by molar-refractivity contribution is 7.89. The normalized spacial score (nSPS) is 17.3. The summed E-state index contributed by atoms with van der Waals surface area (Å²) < 4.78 is 30.1. The first-order chi connectivity index (χ1) is 7.05. The molecule has 0 radical (unpaired) electrons. The average Bonchev–Trinajstić information content (AvgIpc) is 2.93. The summed E-state index contributed by atoms with van der Waals surface area (Å²) in [5.41, 5.74) is 0. The minimum atomic E-state index is -3.51. The van der Waals surface area contributed by atoms with E-state index in [4.69, 9.17) is 9.52 Å². The first-order valence-electron chi connectivity index (χ1n) is 4.73. The number of aliphatic hydroxyl groups excluding tert-OH is 1. The molecule has 1 fully saturated rings. The zero-order valence-corrected chi connectivity index (χ0v) is 9.20. The third-order valence-electron chi connectivity index (χ3n) is 2.49. The summed E-state index contributed by atoms with van der Waals surface area (Å²) in [6.07, 6.45) is 1.81. The molecular formula is C9H13NO4S. The standard InChI is InChI=1S/C9H13NO4S/c1-10(7-2-3-7)15(12,13)9-5-4-8(6-11)14-9/h4-5,7,11H,2-3,6H2,1H3. The van der Waals surface area contributed by atoms with Gasteiger partial charge in [0, 0.05) is 13.1 Å². The summed E-state index contributed by atoms with van der Waals surface area (Å²) in [5, 5.41) is 8.68. The molecule has 1 heterocycles. The van der Waals surface area contributed by atoms with Gasteiger partial charge in [0.05, 0.1) is 0 Å². The van der Waals surface area contributed by atoms with E-state index < -0.39 is 10.0 Å². The van der Waals surface area contributed by atoms with E-state index in [1.165, 1.54) is 16.4 Å². The Kier molecular flexibility index (Phi) is 2.57. The number of rotatable bonds is 4. The maximum absolute atomic E-state index is 11.9. The van der Waals surface area contributed by atoms with Crippen molar-refractivity contribution < 1.29 is 17.9 Å². The van der Waals surface area contributed by atoms with Crippen LogP contribution in [0, 0.1) is 0 Å². The second kappa shape index (κ2) is 3.62. The largest absolute Gasteiger partial charge is 0.446 e. The Balaban J connectivity index is 2.27. The lowest BCUT2D eigenvalue weighted by molar-refractivity contribution is 0.235. The highest BCUT2D eigenvalue weighted by Crippen LogP contribution is 2.30. The van der Waals surface area contributed by atoms with E-state index in [0.29, 0.717) is 0 Å². The molecule has 1 aromatic heterocycles. The summed E-state index contributed by atoms with van der Waals surface area (Å²) in [4.78, 5) is 0. The fourth-order valence-corrected chi connectivity index (χ4v) is 2.70. The molecule has 0 aliphatic heterocycles. The van der Waals surface area contributed by atoms with E-state index in [-0.39, 0.29) is 23.5 Å². The van der Waals surface area contributed by atoms with Crippen molar-refractivity contribution in [2.24, 2.45) is 0 Å². The average molecular weight is 231 g/mol. The van der Waals surface area contributed by atoms with E-state index in [0.717, 1.165) is 12.8 Å². The van der Waals surface area contributed by atoms with Gasteiger partial charge in [-0.15, -0.1) is 0 Å². The van der Waals surface area contributed by atoms with Crippen molar-refractivity contribution in [3.05, 3.63) is 17.9 Å². The number of sulfonamides is 1. The van der Waals surface area contributed by atoms with Gasteiger partial charge < -0.3 is 9.52 Å². The fourth-order valence-electron chi connectivity index (χ4n) is 1.36. The van der Waals surface area contributed by atoms with Gasteiger partial charge in [0.1, 0.15) is 12.4 Å². The van der Waals surface area contributed by atoms with E-state index in [1.807, 2.05) is 0 Å². The molecule has 1 N–H and O–H groups in total. The zero-order valence-electron chi connectivity index (χ0n) is 8.38. The van der Waals surface area contributed by atoms with Crippen LogP contribution in [-0.2, 0) is 16.6 Å². The Hall–Kier alpha value is -0.850. The molecule has 1 saturated carbocycles. The number of furan rings is 1. The lowest BCUT2D eigenvalue weighted by Gasteiger charge is -2.13. The van der Waals surface area contributed by atoms with Gasteiger partial charge in [-0.2, -0.15) is 4.31 Å². The lowest BCUT2D eigenvalue weighted by atomic mass is 10.5. The molecule has 15 heavy (non-hydrogen) atoms. The van der Waals surface area contributed by atoms with Crippen molar-refractivity contribution in [3.8, 4) is 0 Å². The van der Waals surface area contributed by atoms with Crippen LogP contribution in [0.25, 0.3) is 0 Å². The molecule has 0 unspecified atom stereocenters. The van der Waals surface area contributed by atoms with E-state index >= 15 is 0 Å². The molecule has 1 aliphatic carbocycles. The maximum atomic E-state index is 11.9. The molecule has 0 atom stereocenters. The summed E-state index contributed by atoms with van der Waals surface area (Å²) in [6.45, 7) is -0.289. The monoisotopic (exact) mass is 231 g/mol. The third-order valence-corrected chi connectivity index (χ3v) is 4.27. The van der Waals surface area contributed by atoms with Crippen LogP contribution in [0.4, 0.5) is 0 Å². The van der Waals surface area contributed by atoms with Crippen LogP contribution >= 0.6 is 0 Å². The second-order valence-electron chi connectivity index (χ2n) is 3.63. The van der Waals surface area contributed by atoms with Crippen molar-refractivity contribution in [2.45, 2.75) is 30.6 Å². The van der Waals surface area contributed by atoms with Crippen LogP contribution in [0.3, 0.4) is 0 Å². The zero-order chi connectivity index (χ0) is 11.1. The maximum Gasteiger partial charge on any atom is 0.276 e. The van der Waals surface area contributed by atoms with Crippen molar-refractivity contribution in [3.63, 3.8) is 0 Å². The van der Waals surface area contributed by atoms with Gasteiger partial charge in [-0.25, -0.2) is 8.42 Å². The molecule has 0 saturated heterocycles. The molecule has 5 nitrogen and oxygen atoms in total. The Bertz CT molecular complexity index is 446. The Morgan fingerprint density at radius 1 is 1.53 bits per heavy atom. The minimum absolute atomic E-state index is 0.0963. The Labute approximate surface area is 88.4 Å². The van der Waals surface area contributed by atoms with Gasteiger partial charge in [-0.05, 0) is 25.0 Å². The van der Waals surface area contributed by atoms with E-state index in [9.17, 15) is 8.42 Å². The van der Waals surface area contributed by atoms with Crippen molar-refractivity contribution in [2.75, 3.05) is 7.05 Å². The summed E-state index contributed by atoms with van der Waals surface area (Å²) in [6, 6.07) is 2.95. The predicted molar refractivity (Wildman–Crippen MR) is 52.6 cm³/mol. The first kappa shape index (κ1) is 10.7. The molecule has 1 aromatic rings. The number of hydrogen-bond acceptors (Lipinski definition) is 4. The lowest BCUT2D eigenvalue weighted by Crippen LogP contribution is -2.28. The smallest absolute Gasteiger partial charge is 0.276 e. The Morgan fingerprint density at radius 2 is 2.20 bits per heavy atom. The molecular weight excluding hydrogens is 218 g/mol. The molecule has 2 rings (SSSR count). The van der Waals surface area contributed by atoms with Crippen LogP contribution in [0.1, 0.15) is 18.6 Å². The van der Waals surface area contributed by atoms with Gasteiger partial charge in [0.15, 0.2) is 0 Å². The summed E-state index contributed by atoms with van der Waals surface area (Å²) in [7, 11) is -1.96. The molecule has 84 valence electrons. The third kappa shape index (κ3) is 1.92. The molecule has 6 heteroatoms. The van der Waals surface area contributed by atoms with Crippen molar-refractivity contribution in [1.82, 2.24) is 4.31 Å². The van der Waals surface area contributed by atoms with Crippen molar-refractivity contribution >= 4 is 10.0 Å². The van der Waals surface area contributed by atoms with E-state index in [2.05, 4.69) is 0 Å². The molecule has 0 bridgehead atoms. The van der Waals surface area contributed by atoms with Crippen molar-refractivity contribution in [1.29, 1.82) is 0 Å². The molecule has 0 aromatic carbocycles. The highest BCUT2D eigenvalue weighted by atomic mass is 32.2. The summed E-state index contributed by atoms with van der Waals surface area (Å²) in [5.74, 6) is 0.262. The minimum Gasteiger partial charge on any atom is -0.446 e. The topological polar surface area (TPSA) is 70.8 Å². The van der Waals surface area contributed by atoms with Gasteiger partial charge in [0.2, 0.25) is 5.09 Å². The SMILES string of the molecule is CN(C1CC1)S(=O)(=O)c1ccc(CO)o1. The van der Waals surface area contributed by atoms with Crippen LogP contribution in [0.15, 0.2) is 21.6 Å². The quantitative estimate of drug-likeness (QED) is 0.821. The van der Waals surface area contributed by atoms with Crippen LogP contribution in [-0.4, -0.2) is 30.9 Å². The fraction of sp³-hybridized carbons (Fsp3) is 0.556. The number of aliphatic hydroxyl groups is 1. The molecule has 0 spiro atoms. The van der Waals surface area contributed by atoms with Gasteiger partial charge >= 0.3 is 0 Å². The predicted octanol–water partition coefficient (Wildman–Crippen LogP) is 0.555. The number of hydrogen-bond donors (Lipinski definition) is 1. The van der Waals surface area contributed by atoms with Gasteiger partial charge in [-0.1, -0.05) is 0 Å². The summed E-state index contributed by atoms with van der Waals surface area (Å²) >= 11 is 0. The van der Waals surface area contributed by atoms with E-state index in [1.54, 1.807) is 7.05 Å². The molecule has 1 aliphatic rings. The second-order valence-corrected chi connectivity index (χ2v) is 5.56. The molecule has 0 amide bonds. The van der Waals surface area contributed by atoms with Gasteiger partial charge in [-0.3, -0.25) is 0 Å². The number of nitrogens with zero attached hydrogens (tertiary/aromatic N) is 1. The highest BCUT2D eigenvalue weighted by Gasteiger charge is 2.36.